The molecular formula is C13H25NO5. The lowest BCUT2D eigenvalue weighted by molar-refractivity contribution is -0.138. The van der Waals surface area contributed by atoms with Crippen LogP contribution >= 0.6 is 0 Å². The van der Waals surface area contributed by atoms with Gasteiger partial charge in [-0.2, -0.15) is 0 Å². The summed E-state index contributed by atoms with van der Waals surface area (Å²) in [5.41, 5.74) is 0. The number of nitrogens with zero attached hydrogens (tertiary/aromatic N) is 1. The predicted octanol–water partition coefficient (Wildman–Crippen LogP) is 0.340. The summed E-state index contributed by atoms with van der Waals surface area (Å²) in [5.74, 6) is -0.823. The summed E-state index contributed by atoms with van der Waals surface area (Å²) in [5, 5.41) is 18.3. The van der Waals surface area contributed by atoms with Crippen molar-refractivity contribution in [2.24, 2.45) is 0 Å². The van der Waals surface area contributed by atoms with Gasteiger partial charge in [0.05, 0.1) is 31.8 Å². The Bertz CT molecular complexity index is 253. The Morgan fingerprint density at radius 1 is 1.42 bits per heavy atom. The summed E-state index contributed by atoms with van der Waals surface area (Å²) in [6.45, 7) is 5.57. The Morgan fingerprint density at radius 2 is 2.11 bits per heavy atom. The number of piperidine rings is 1. The molecule has 1 unspecified atom stereocenters. The third-order valence-electron chi connectivity index (χ3n) is 3.19. The van der Waals surface area contributed by atoms with E-state index in [2.05, 4.69) is 4.90 Å². The van der Waals surface area contributed by atoms with Gasteiger partial charge in [0.1, 0.15) is 0 Å². The van der Waals surface area contributed by atoms with Crippen molar-refractivity contribution in [3.8, 4) is 0 Å². The number of aliphatic hydroxyl groups excluding tert-OH is 1. The highest BCUT2D eigenvalue weighted by molar-refractivity contribution is 5.66. The van der Waals surface area contributed by atoms with E-state index in [1.807, 2.05) is 6.92 Å². The van der Waals surface area contributed by atoms with Gasteiger partial charge in [-0.3, -0.25) is 4.79 Å². The summed E-state index contributed by atoms with van der Waals surface area (Å²) >= 11 is 0. The zero-order valence-corrected chi connectivity index (χ0v) is 11.6. The van der Waals surface area contributed by atoms with Crippen molar-refractivity contribution in [3.05, 3.63) is 0 Å². The topological polar surface area (TPSA) is 79.2 Å². The molecule has 1 fully saturated rings. The van der Waals surface area contributed by atoms with E-state index in [1.54, 1.807) is 0 Å². The molecule has 0 aromatic heterocycles. The molecule has 1 aliphatic heterocycles. The smallest absolute Gasteiger partial charge is 0.305 e. The minimum Gasteiger partial charge on any atom is -0.481 e. The zero-order chi connectivity index (χ0) is 14.1. The largest absolute Gasteiger partial charge is 0.481 e. The number of likely N-dealkylation sites (tertiary alicyclic amines) is 1. The van der Waals surface area contributed by atoms with Gasteiger partial charge in [-0.1, -0.05) is 0 Å². The number of rotatable bonds is 9. The first kappa shape index (κ1) is 16.4. The molecule has 6 heteroatoms. The first-order valence-corrected chi connectivity index (χ1v) is 6.93. The molecule has 1 atom stereocenters. The number of carboxylic acids is 1. The van der Waals surface area contributed by atoms with Gasteiger partial charge in [0.2, 0.25) is 0 Å². The molecule has 0 radical (unpaired) electrons. The molecule has 0 aromatic carbocycles. The van der Waals surface area contributed by atoms with Crippen LogP contribution < -0.4 is 0 Å². The molecule has 0 saturated carbocycles. The van der Waals surface area contributed by atoms with Crippen molar-refractivity contribution >= 4 is 5.97 Å². The predicted molar refractivity (Wildman–Crippen MR) is 70.2 cm³/mol. The van der Waals surface area contributed by atoms with Crippen molar-refractivity contribution < 1.29 is 24.5 Å². The van der Waals surface area contributed by atoms with Crippen LogP contribution in [0.3, 0.4) is 0 Å². The van der Waals surface area contributed by atoms with Gasteiger partial charge in [0, 0.05) is 26.2 Å². The molecule has 0 aromatic rings. The van der Waals surface area contributed by atoms with Crippen LogP contribution in [0.4, 0.5) is 0 Å². The van der Waals surface area contributed by atoms with Gasteiger partial charge in [0.15, 0.2) is 0 Å². The van der Waals surface area contributed by atoms with E-state index in [1.165, 1.54) is 0 Å². The Labute approximate surface area is 114 Å². The van der Waals surface area contributed by atoms with E-state index in [0.29, 0.717) is 19.8 Å². The highest BCUT2D eigenvalue weighted by atomic mass is 16.5. The summed E-state index contributed by atoms with van der Waals surface area (Å²) in [7, 11) is 0. The molecule has 0 aliphatic carbocycles. The number of aliphatic carboxylic acids is 1. The second-order valence-electron chi connectivity index (χ2n) is 4.83. The van der Waals surface area contributed by atoms with Crippen molar-refractivity contribution in [1.29, 1.82) is 0 Å². The van der Waals surface area contributed by atoms with E-state index in [0.717, 1.165) is 25.9 Å². The fourth-order valence-electron chi connectivity index (χ4n) is 2.18. The standard InChI is InChI=1S/C13H25NO5/c1-2-18-10-11(15)9-14-6-3-12(4-7-14)19-8-5-13(16)17/h11-12,15H,2-10H2,1H3,(H,16,17). The molecule has 1 rings (SSSR count). The molecular weight excluding hydrogens is 250 g/mol. The molecule has 112 valence electrons. The molecule has 0 bridgehead atoms. The fourth-order valence-corrected chi connectivity index (χ4v) is 2.18. The first-order chi connectivity index (χ1) is 9.11. The number of carboxylic acid groups (broad SMARTS) is 1. The normalized spacial score (nSPS) is 19.5. The molecule has 0 spiro atoms. The monoisotopic (exact) mass is 275 g/mol. The lowest BCUT2D eigenvalue weighted by Crippen LogP contribution is -2.42. The summed E-state index contributed by atoms with van der Waals surface area (Å²) in [4.78, 5) is 12.6. The minimum atomic E-state index is -0.823. The van der Waals surface area contributed by atoms with E-state index in [-0.39, 0.29) is 19.1 Å². The van der Waals surface area contributed by atoms with Crippen LogP contribution in [0.15, 0.2) is 0 Å². The van der Waals surface area contributed by atoms with Gasteiger partial charge < -0.3 is 24.6 Å². The molecule has 1 saturated heterocycles. The lowest BCUT2D eigenvalue weighted by atomic mass is 10.1. The number of hydrogen-bond acceptors (Lipinski definition) is 5. The van der Waals surface area contributed by atoms with Crippen LogP contribution in [0.1, 0.15) is 26.2 Å². The van der Waals surface area contributed by atoms with E-state index in [4.69, 9.17) is 14.6 Å². The molecule has 19 heavy (non-hydrogen) atoms. The molecule has 0 amide bonds. The van der Waals surface area contributed by atoms with Gasteiger partial charge in [-0.05, 0) is 19.8 Å². The van der Waals surface area contributed by atoms with Crippen molar-refractivity contribution in [1.82, 2.24) is 4.90 Å². The molecule has 6 nitrogen and oxygen atoms in total. The SMILES string of the molecule is CCOCC(O)CN1CCC(OCCC(=O)O)CC1. The Morgan fingerprint density at radius 3 is 2.68 bits per heavy atom. The maximum Gasteiger partial charge on any atom is 0.305 e. The Hall–Kier alpha value is -0.690. The number of ether oxygens (including phenoxy) is 2. The zero-order valence-electron chi connectivity index (χ0n) is 11.6. The maximum atomic E-state index is 10.4. The summed E-state index contributed by atoms with van der Waals surface area (Å²) in [6.07, 6.45) is 1.55. The summed E-state index contributed by atoms with van der Waals surface area (Å²) in [6, 6.07) is 0. The number of hydrogen-bond donors (Lipinski definition) is 2. The van der Waals surface area contributed by atoms with Crippen LogP contribution in [-0.2, 0) is 14.3 Å². The van der Waals surface area contributed by atoms with Gasteiger partial charge >= 0.3 is 5.97 Å². The average Bonchev–Trinajstić information content (AvgIpc) is 2.38. The average molecular weight is 275 g/mol. The van der Waals surface area contributed by atoms with Gasteiger partial charge in [-0.15, -0.1) is 0 Å². The van der Waals surface area contributed by atoms with Gasteiger partial charge in [-0.25, -0.2) is 0 Å². The Balaban J connectivity index is 2.09. The molecule has 2 N–H and O–H groups in total. The van der Waals surface area contributed by atoms with Crippen molar-refractivity contribution in [2.75, 3.05) is 39.5 Å². The molecule has 1 aliphatic rings. The van der Waals surface area contributed by atoms with Crippen LogP contribution in [-0.4, -0.2) is 72.7 Å². The highest BCUT2D eigenvalue weighted by Crippen LogP contribution is 2.14. The third-order valence-corrected chi connectivity index (χ3v) is 3.19. The second kappa shape index (κ2) is 9.25. The lowest BCUT2D eigenvalue weighted by Gasteiger charge is -2.32. The van der Waals surface area contributed by atoms with Crippen LogP contribution in [0.5, 0.6) is 0 Å². The number of β-amino-alcohol motifs (C(OH)–C–C–N with tert-alkyl or cyclic N) is 1. The van der Waals surface area contributed by atoms with Crippen molar-refractivity contribution in [2.45, 2.75) is 38.4 Å². The van der Waals surface area contributed by atoms with E-state index in [9.17, 15) is 9.90 Å². The third kappa shape index (κ3) is 7.47. The van der Waals surface area contributed by atoms with Crippen LogP contribution in [0, 0.1) is 0 Å². The minimum absolute atomic E-state index is 0.0628. The van der Waals surface area contributed by atoms with Crippen LogP contribution in [0.25, 0.3) is 0 Å². The molecule has 1 heterocycles. The maximum absolute atomic E-state index is 10.4. The van der Waals surface area contributed by atoms with Crippen molar-refractivity contribution in [3.63, 3.8) is 0 Å². The number of carbonyl (C=O) groups is 1. The number of aliphatic hydroxyl groups is 1. The highest BCUT2D eigenvalue weighted by Gasteiger charge is 2.21. The van der Waals surface area contributed by atoms with E-state index >= 15 is 0 Å². The van der Waals surface area contributed by atoms with Crippen LogP contribution in [0.2, 0.25) is 0 Å². The Kier molecular flexibility index (Phi) is 7.97. The fraction of sp³-hybridized carbons (Fsp3) is 0.923. The second-order valence-corrected chi connectivity index (χ2v) is 4.83. The van der Waals surface area contributed by atoms with Gasteiger partial charge in [0.25, 0.3) is 0 Å². The summed E-state index contributed by atoms with van der Waals surface area (Å²) < 4.78 is 10.7. The van der Waals surface area contributed by atoms with E-state index < -0.39 is 12.1 Å². The quantitative estimate of drug-likeness (QED) is 0.632. The first-order valence-electron chi connectivity index (χ1n) is 6.93.